The van der Waals surface area contributed by atoms with Gasteiger partial charge in [0, 0.05) is 49.9 Å². The molecule has 0 bridgehead atoms. The van der Waals surface area contributed by atoms with Gasteiger partial charge >= 0.3 is 0 Å². The molecular weight excluding hydrogens is 809 g/mol. The molecule has 4 aromatic carbocycles. The van der Waals surface area contributed by atoms with Crippen LogP contribution < -0.4 is 5.19 Å². The second-order valence-corrected chi connectivity index (χ2v) is 18.3. The van der Waals surface area contributed by atoms with Crippen LogP contribution >= 0.6 is 0 Å². The minimum absolute atomic E-state index is 0. The number of aryl methyl sites for hydroxylation is 1. The molecule has 0 aliphatic rings. The monoisotopic (exact) mass is 854 g/mol. The molecule has 0 saturated heterocycles. The van der Waals surface area contributed by atoms with Crippen molar-refractivity contribution in [1.29, 1.82) is 0 Å². The third-order valence-electron chi connectivity index (χ3n) is 8.25. The average Bonchev–Trinajstić information content (AvgIpc) is 3.73. The van der Waals surface area contributed by atoms with Gasteiger partial charge in [-0.1, -0.05) is 86.4 Å². The van der Waals surface area contributed by atoms with Crippen molar-refractivity contribution in [3.8, 4) is 28.3 Å². The Balaban J connectivity index is 0.000000185. The van der Waals surface area contributed by atoms with Gasteiger partial charge in [0.15, 0.2) is 0 Å². The van der Waals surface area contributed by atoms with Crippen molar-refractivity contribution in [2.24, 2.45) is 5.92 Å². The molecule has 0 aliphatic heterocycles. The number of hydrogen-bond donors (Lipinski definition) is 0. The quantitative estimate of drug-likeness (QED) is 0.124. The van der Waals surface area contributed by atoms with Gasteiger partial charge in [-0.2, -0.15) is 0 Å². The molecule has 50 heavy (non-hydrogen) atoms. The standard InChI is InChI=1S/C24H14N3O.C19H26NSi.Ir/c1-2-8-16(9-3-1)27-21-14-5-4-13-20(21)26-23(27)19-11-6-10-17-18-12-7-15-25-24(18)28-22(17)19;1-14(2)12-17-13-18(21(4,5)6)15(3)20-19(17)16-10-8-7-9-11-16;/h1-10,12-15H;7-10,13-14H,12H2,1-6H3;/q2*-1;/i;3D3,12D2;. The van der Waals surface area contributed by atoms with Crippen molar-refractivity contribution in [3.63, 3.8) is 0 Å². The van der Waals surface area contributed by atoms with Crippen LogP contribution in [0.3, 0.4) is 0 Å². The van der Waals surface area contributed by atoms with Gasteiger partial charge < -0.3 is 14.0 Å². The Bertz CT molecular complexity index is 2600. The van der Waals surface area contributed by atoms with Crippen molar-refractivity contribution in [2.45, 2.75) is 46.7 Å². The number of para-hydroxylation sites is 3. The third-order valence-corrected chi connectivity index (χ3v) is 10.2. The van der Waals surface area contributed by atoms with Crippen molar-refractivity contribution in [2.75, 3.05) is 0 Å². The molecule has 0 fully saturated rings. The fourth-order valence-corrected chi connectivity index (χ4v) is 7.37. The Hall–Kier alpha value is -4.68. The number of aromatic nitrogens is 4. The largest absolute Gasteiger partial charge is 0.486 e. The number of rotatable bonds is 6. The molecule has 0 amide bonds. The molecule has 8 aromatic rings. The molecular formula is C43H40IrN4OSi-2. The summed E-state index contributed by atoms with van der Waals surface area (Å²) in [6, 6.07) is 41.6. The fraction of sp³-hybridized carbons (Fsp3) is 0.186. The summed E-state index contributed by atoms with van der Waals surface area (Å²) in [6.07, 6.45) is 0.112. The van der Waals surface area contributed by atoms with E-state index in [1.165, 1.54) is 0 Å². The first-order chi connectivity index (χ1) is 25.7. The van der Waals surface area contributed by atoms with Crippen LogP contribution in [0.25, 0.3) is 61.4 Å². The summed E-state index contributed by atoms with van der Waals surface area (Å²) < 4.78 is 49.4. The minimum atomic E-state index is -2.35. The second-order valence-electron chi connectivity index (χ2n) is 13.3. The van der Waals surface area contributed by atoms with E-state index in [1.807, 2.05) is 86.6 Å². The van der Waals surface area contributed by atoms with Gasteiger partial charge in [0.2, 0.25) is 5.71 Å². The number of fused-ring (bicyclic) bond motifs is 4. The van der Waals surface area contributed by atoms with E-state index in [4.69, 9.17) is 16.3 Å². The summed E-state index contributed by atoms with van der Waals surface area (Å²) in [5.74, 6) is 0.525. The van der Waals surface area contributed by atoms with Crippen LogP contribution in [0.2, 0.25) is 19.6 Å². The molecule has 0 aliphatic carbocycles. The smallest absolute Gasteiger partial charge is 0.216 e. The third kappa shape index (κ3) is 6.99. The van der Waals surface area contributed by atoms with Crippen LogP contribution in [-0.4, -0.2) is 27.6 Å². The van der Waals surface area contributed by atoms with E-state index in [1.54, 1.807) is 24.4 Å². The molecule has 0 atom stereocenters. The first-order valence-electron chi connectivity index (χ1n) is 18.9. The molecule has 8 rings (SSSR count). The summed E-state index contributed by atoms with van der Waals surface area (Å²) in [4.78, 5) is 13.8. The Morgan fingerprint density at radius 2 is 1.64 bits per heavy atom. The van der Waals surface area contributed by atoms with Crippen molar-refractivity contribution in [3.05, 3.63) is 139 Å². The Kier molecular flexibility index (Phi) is 8.53. The fourth-order valence-electron chi connectivity index (χ4n) is 6.03. The molecule has 0 spiro atoms. The van der Waals surface area contributed by atoms with Crippen LogP contribution in [0.5, 0.6) is 0 Å². The zero-order valence-electron chi connectivity index (χ0n) is 33.6. The normalized spacial score (nSPS) is 13.5. The zero-order valence-corrected chi connectivity index (χ0v) is 32.0. The molecule has 253 valence electrons. The molecule has 0 saturated carbocycles. The molecule has 0 N–H and O–H groups in total. The number of furan rings is 1. The van der Waals surface area contributed by atoms with E-state index in [0.29, 0.717) is 27.7 Å². The summed E-state index contributed by atoms with van der Waals surface area (Å²) >= 11 is 0. The Labute approximate surface area is 315 Å². The van der Waals surface area contributed by atoms with E-state index >= 15 is 0 Å². The average molecular weight is 854 g/mol. The number of imidazole rings is 1. The van der Waals surface area contributed by atoms with Crippen LogP contribution in [-0.2, 0) is 26.5 Å². The molecule has 4 aromatic heterocycles. The van der Waals surface area contributed by atoms with Crippen LogP contribution in [0, 0.1) is 24.9 Å². The molecule has 0 unspecified atom stereocenters. The maximum atomic E-state index is 8.63. The maximum absolute atomic E-state index is 8.63. The van der Waals surface area contributed by atoms with Gasteiger partial charge in [-0.15, -0.1) is 54.1 Å². The Morgan fingerprint density at radius 3 is 2.38 bits per heavy atom. The predicted octanol–water partition coefficient (Wildman–Crippen LogP) is 10.4. The molecule has 7 heteroatoms. The van der Waals surface area contributed by atoms with Crippen LogP contribution in [0.4, 0.5) is 0 Å². The van der Waals surface area contributed by atoms with E-state index in [9.17, 15) is 0 Å². The van der Waals surface area contributed by atoms with Gasteiger partial charge in [-0.05, 0) is 66.4 Å². The van der Waals surface area contributed by atoms with Gasteiger partial charge in [0.1, 0.15) is 0 Å². The zero-order chi connectivity index (χ0) is 38.4. The van der Waals surface area contributed by atoms with Gasteiger partial charge in [-0.25, -0.2) is 4.98 Å². The second kappa shape index (κ2) is 14.7. The van der Waals surface area contributed by atoms with Gasteiger partial charge in [-0.3, -0.25) is 4.98 Å². The summed E-state index contributed by atoms with van der Waals surface area (Å²) in [6.45, 7) is 7.48. The summed E-state index contributed by atoms with van der Waals surface area (Å²) in [7, 11) is -2.06. The van der Waals surface area contributed by atoms with Gasteiger partial charge in [0.25, 0.3) is 0 Å². The van der Waals surface area contributed by atoms with Crippen molar-refractivity contribution >= 4 is 46.4 Å². The topological polar surface area (TPSA) is 56.7 Å². The van der Waals surface area contributed by atoms with Crippen LogP contribution in [0.15, 0.2) is 120 Å². The summed E-state index contributed by atoms with van der Waals surface area (Å²) in [5.41, 5.74) is 6.75. The van der Waals surface area contributed by atoms with Crippen molar-refractivity contribution < 1.29 is 31.4 Å². The van der Waals surface area contributed by atoms with E-state index in [2.05, 4.69) is 64.5 Å². The number of pyridine rings is 2. The molecule has 4 heterocycles. The minimum Gasteiger partial charge on any atom is -0.486 e. The maximum Gasteiger partial charge on any atom is 0.216 e. The number of benzene rings is 4. The van der Waals surface area contributed by atoms with Gasteiger partial charge in [0.05, 0.1) is 30.5 Å². The number of hydrogen-bond acceptors (Lipinski definition) is 4. The SMILES string of the molecule is [2H]C([2H])([2H])c1nc(-c2[c-]cccc2)c(C([2H])([2H])C(C)C)cc1[Si](C)(C)C.[Ir].[c-]1ccc2c(oc3ncccc32)c1-c1nc2ccccc2n1-c1ccccc1. The van der Waals surface area contributed by atoms with E-state index in [-0.39, 0.29) is 31.7 Å². The van der Waals surface area contributed by atoms with E-state index in [0.717, 1.165) is 44.5 Å². The van der Waals surface area contributed by atoms with Crippen molar-refractivity contribution in [1.82, 2.24) is 19.5 Å². The Morgan fingerprint density at radius 1 is 0.860 bits per heavy atom. The van der Waals surface area contributed by atoms with Crippen LogP contribution in [0.1, 0.15) is 32.0 Å². The molecule has 5 nitrogen and oxygen atoms in total. The molecule has 1 radical (unpaired) electrons. The first kappa shape index (κ1) is 29.1. The predicted molar refractivity (Wildman–Crippen MR) is 205 cm³/mol. The first-order valence-corrected chi connectivity index (χ1v) is 19.9. The van der Waals surface area contributed by atoms with E-state index < -0.39 is 21.3 Å². The number of nitrogens with zero attached hydrogens (tertiary/aromatic N) is 4. The summed E-state index contributed by atoms with van der Waals surface area (Å²) in [5, 5.41) is 2.70.